The van der Waals surface area contributed by atoms with E-state index < -0.39 is 5.79 Å². The summed E-state index contributed by atoms with van der Waals surface area (Å²) in [5.74, 6) is 0.137. The molecule has 4 aliphatic carbocycles. The molecule has 0 aromatic rings. The minimum atomic E-state index is -1.60. The largest absolute Gasteiger partial charge is 0.360 e. The number of ether oxygens (including phenoxy) is 1. The molecule has 34 heavy (non-hydrogen) atoms. The van der Waals surface area contributed by atoms with Crippen LogP contribution in [0.1, 0.15) is 99.8 Å². The van der Waals surface area contributed by atoms with E-state index in [2.05, 4.69) is 40.7 Å². The molecule has 4 fully saturated rings. The van der Waals surface area contributed by atoms with Gasteiger partial charge in [0.2, 0.25) is 5.79 Å². The molecule has 0 radical (unpaired) electrons. The fraction of sp³-hybridized carbons (Fsp3) is 0.867. The summed E-state index contributed by atoms with van der Waals surface area (Å²) in [7, 11) is 0. The van der Waals surface area contributed by atoms with Crippen LogP contribution in [0, 0.1) is 51.2 Å². The first kappa shape index (κ1) is 24.7. The quantitative estimate of drug-likeness (QED) is 0.505. The van der Waals surface area contributed by atoms with Gasteiger partial charge in [0.15, 0.2) is 5.78 Å². The number of rotatable bonds is 3. The summed E-state index contributed by atoms with van der Waals surface area (Å²) in [6.07, 6.45) is 10.5. The second kappa shape index (κ2) is 7.51. The van der Waals surface area contributed by atoms with Crippen molar-refractivity contribution in [3.63, 3.8) is 0 Å². The van der Waals surface area contributed by atoms with Crippen LogP contribution in [0.15, 0.2) is 11.6 Å². The van der Waals surface area contributed by atoms with Crippen LogP contribution in [-0.4, -0.2) is 29.1 Å². The predicted octanol–water partition coefficient (Wildman–Crippen LogP) is 6.11. The van der Waals surface area contributed by atoms with Crippen LogP contribution in [0.2, 0.25) is 0 Å². The summed E-state index contributed by atoms with van der Waals surface area (Å²) < 4.78 is 5.83. The Balaban J connectivity index is 1.45. The molecule has 0 aromatic heterocycles. The van der Waals surface area contributed by atoms with Crippen LogP contribution in [-0.2, 0) is 14.3 Å². The van der Waals surface area contributed by atoms with Crippen molar-refractivity contribution in [3.05, 3.63) is 11.6 Å². The van der Waals surface area contributed by atoms with Gasteiger partial charge < -0.3 is 9.84 Å². The lowest BCUT2D eigenvalue weighted by Gasteiger charge is -2.63. The molecule has 4 heteroatoms. The third-order valence-electron chi connectivity index (χ3n) is 12.2. The van der Waals surface area contributed by atoms with Crippen LogP contribution < -0.4 is 0 Å². The first-order chi connectivity index (χ1) is 15.7. The average molecular weight is 471 g/mol. The number of hydrogen-bond acceptors (Lipinski definition) is 4. The van der Waals surface area contributed by atoms with E-state index in [-0.39, 0.29) is 39.3 Å². The predicted molar refractivity (Wildman–Crippen MR) is 133 cm³/mol. The number of carbonyl (C=O) groups excluding carboxylic acids is 2. The van der Waals surface area contributed by atoms with Crippen LogP contribution >= 0.6 is 0 Å². The SMILES string of the molecule is CC(C)C(=O)C1(O)CC(C2CCC3(C)C4=CCC5C(C)(C)C(=O)CCC5(C)C4CCC23C)CO1. The Morgan fingerprint density at radius 2 is 1.79 bits per heavy atom. The molecular formula is C30H46O4. The highest BCUT2D eigenvalue weighted by Crippen LogP contribution is 2.73. The third-order valence-corrected chi connectivity index (χ3v) is 12.2. The Labute approximate surface area is 206 Å². The van der Waals surface area contributed by atoms with Gasteiger partial charge in [-0.15, -0.1) is 0 Å². The van der Waals surface area contributed by atoms with Crippen molar-refractivity contribution in [3.8, 4) is 0 Å². The maximum Gasteiger partial charge on any atom is 0.227 e. The van der Waals surface area contributed by atoms with Crippen LogP contribution in [0.3, 0.4) is 0 Å². The maximum absolute atomic E-state index is 12.8. The Morgan fingerprint density at radius 1 is 1.09 bits per heavy atom. The van der Waals surface area contributed by atoms with Gasteiger partial charge in [0.05, 0.1) is 6.61 Å². The van der Waals surface area contributed by atoms with Crippen molar-refractivity contribution in [2.24, 2.45) is 51.2 Å². The number of aliphatic hydroxyl groups is 1. The lowest BCUT2D eigenvalue weighted by molar-refractivity contribution is -0.189. The topological polar surface area (TPSA) is 63.6 Å². The Hall–Kier alpha value is -1.00. The zero-order valence-electron chi connectivity index (χ0n) is 22.5. The normalized spacial score (nSPS) is 49.9. The fourth-order valence-corrected chi connectivity index (χ4v) is 9.91. The van der Waals surface area contributed by atoms with Crippen LogP contribution in [0.4, 0.5) is 0 Å². The zero-order chi connectivity index (χ0) is 24.9. The molecule has 190 valence electrons. The van der Waals surface area contributed by atoms with E-state index in [1.165, 1.54) is 19.3 Å². The van der Waals surface area contributed by atoms with Gasteiger partial charge in [-0.1, -0.05) is 60.1 Å². The molecule has 5 aliphatic rings. The van der Waals surface area contributed by atoms with Gasteiger partial charge in [0.1, 0.15) is 5.78 Å². The van der Waals surface area contributed by atoms with E-state index in [1.807, 2.05) is 13.8 Å². The van der Waals surface area contributed by atoms with E-state index in [0.29, 0.717) is 36.6 Å². The molecule has 3 saturated carbocycles. The molecule has 1 saturated heterocycles. The standard InChI is InChI=1S/C30H46O4/c1-18(2)25(32)30(33)16-19(17-34-30)20-10-14-29(7)22-8-9-23-26(3,4)24(31)12-13-27(23,5)21(22)11-15-28(20,29)6/h8,18-21,23,33H,9-17H2,1-7H3. The fourth-order valence-electron chi connectivity index (χ4n) is 9.91. The summed E-state index contributed by atoms with van der Waals surface area (Å²) in [6, 6.07) is 0. The maximum atomic E-state index is 12.8. The molecule has 1 N–H and O–H groups in total. The van der Waals surface area contributed by atoms with Crippen molar-refractivity contribution < 1.29 is 19.4 Å². The van der Waals surface area contributed by atoms with Gasteiger partial charge >= 0.3 is 0 Å². The second-order valence-corrected chi connectivity index (χ2v) is 14.2. The van der Waals surface area contributed by atoms with E-state index in [9.17, 15) is 14.7 Å². The first-order valence-electron chi connectivity index (χ1n) is 13.9. The number of hydrogen-bond donors (Lipinski definition) is 1. The molecule has 0 aromatic carbocycles. The van der Waals surface area contributed by atoms with Crippen molar-refractivity contribution >= 4 is 11.6 Å². The van der Waals surface area contributed by atoms with Gasteiger partial charge in [0.25, 0.3) is 0 Å². The Kier molecular flexibility index (Phi) is 5.45. The van der Waals surface area contributed by atoms with Gasteiger partial charge in [-0.05, 0) is 78.4 Å². The van der Waals surface area contributed by atoms with E-state index >= 15 is 0 Å². The molecular weight excluding hydrogens is 424 g/mol. The monoisotopic (exact) mass is 470 g/mol. The molecule has 1 aliphatic heterocycles. The van der Waals surface area contributed by atoms with Crippen molar-refractivity contribution in [1.29, 1.82) is 0 Å². The third kappa shape index (κ3) is 3.03. The van der Waals surface area contributed by atoms with Crippen LogP contribution in [0.5, 0.6) is 0 Å². The smallest absolute Gasteiger partial charge is 0.227 e. The van der Waals surface area contributed by atoms with Crippen LogP contribution in [0.25, 0.3) is 0 Å². The molecule has 5 rings (SSSR count). The highest BCUT2D eigenvalue weighted by molar-refractivity contribution is 5.87. The molecule has 8 atom stereocenters. The number of fused-ring (bicyclic) bond motifs is 5. The number of ketones is 2. The molecule has 0 bridgehead atoms. The second-order valence-electron chi connectivity index (χ2n) is 14.2. The van der Waals surface area contributed by atoms with Gasteiger partial charge in [-0.2, -0.15) is 0 Å². The van der Waals surface area contributed by atoms with E-state index in [0.717, 1.165) is 25.7 Å². The molecule has 4 nitrogen and oxygen atoms in total. The van der Waals surface area contributed by atoms with Gasteiger partial charge in [-0.3, -0.25) is 9.59 Å². The molecule has 1 heterocycles. The minimum Gasteiger partial charge on any atom is -0.360 e. The Bertz CT molecular complexity index is 932. The summed E-state index contributed by atoms with van der Waals surface area (Å²) in [5, 5.41) is 11.0. The van der Waals surface area contributed by atoms with Gasteiger partial charge in [0, 0.05) is 24.2 Å². The highest BCUT2D eigenvalue weighted by Gasteiger charge is 2.66. The summed E-state index contributed by atoms with van der Waals surface area (Å²) >= 11 is 0. The molecule has 0 spiro atoms. The lowest BCUT2D eigenvalue weighted by Crippen LogP contribution is -2.57. The number of allylic oxidation sites excluding steroid dienone is 2. The molecule has 0 amide bonds. The first-order valence-corrected chi connectivity index (χ1v) is 13.9. The molecule has 8 unspecified atom stereocenters. The van der Waals surface area contributed by atoms with E-state index in [1.54, 1.807) is 5.57 Å². The summed E-state index contributed by atoms with van der Waals surface area (Å²) in [5.41, 5.74) is 1.93. The zero-order valence-corrected chi connectivity index (χ0v) is 22.5. The Morgan fingerprint density at radius 3 is 2.47 bits per heavy atom. The van der Waals surface area contributed by atoms with Gasteiger partial charge in [-0.25, -0.2) is 0 Å². The lowest BCUT2D eigenvalue weighted by atomic mass is 9.41. The van der Waals surface area contributed by atoms with Crippen molar-refractivity contribution in [1.82, 2.24) is 0 Å². The average Bonchev–Trinajstić information content (AvgIpc) is 3.28. The number of carbonyl (C=O) groups is 2. The summed E-state index contributed by atoms with van der Waals surface area (Å²) in [4.78, 5) is 25.5. The van der Waals surface area contributed by atoms with Crippen molar-refractivity contribution in [2.45, 2.75) is 106 Å². The summed E-state index contributed by atoms with van der Waals surface area (Å²) in [6.45, 7) is 16.0. The highest BCUT2D eigenvalue weighted by atomic mass is 16.6. The van der Waals surface area contributed by atoms with Crippen molar-refractivity contribution in [2.75, 3.05) is 6.61 Å². The van der Waals surface area contributed by atoms with E-state index in [4.69, 9.17) is 4.74 Å². The minimum absolute atomic E-state index is 0.142. The number of Topliss-reactive ketones (excluding diaryl/α,β-unsaturated/α-hetero) is 2.